The van der Waals surface area contributed by atoms with Crippen LogP contribution in [0.25, 0.3) is 0 Å². The number of nitrogens with zero attached hydrogens (tertiary/aromatic N) is 5. The zero-order valence-corrected chi connectivity index (χ0v) is 31.7. The van der Waals surface area contributed by atoms with E-state index >= 15 is 0 Å². The molecule has 0 saturated carbocycles. The molecule has 5 amide bonds. The third-order valence-electron chi connectivity index (χ3n) is 9.35. The molecule has 0 atom stereocenters. The van der Waals surface area contributed by atoms with Crippen LogP contribution in [0.3, 0.4) is 0 Å². The van der Waals surface area contributed by atoms with Crippen molar-refractivity contribution in [1.29, 1.82) is 5.26 Å². The van der Waals surface area contributed by atoms with E-state index in [0.717, 1.165) is 31.5 Å². The minimum Gasteiger partial charge on any atom is -0.453 e. The number of carbonyl (C=O) groups excluding carboxylic acids is 3. The highest BCUT2D eigenvalue weighted by Crippen LogP contribution is 2.21. The number of hydrogen-bond donors (Lipinski definition) is 5. The number of nitriles is 1. The second kappa shape index (κ2) is 20.6. The summed E-state index contributed by atoms with van der Waals surface area (Å²) in [5, 5.41) is 22.3. The molecule has 5 N–H and O–H groups in total. The molecule has 300 valence electrons. The predicted molar refractivity (Wildman–Crippen MR) is 210 cm³/mol. The molecule has 6 rings (SSSR count). The zero-order valence-electron chi connectivity index (χ0n) is 31.7. The van der Waals surface area contributed by atoms with Gasteiger partial charge in [-0.15, -0.1) is 0 Å². The lowest BCUT2D eigenvalue weighted by atomic mass is 10.0. The molecule has 0 spiro atoms. The van der Waals surface area contributed by atoms with Crippen molar-refractivity contribution >= 4 is 40.9 Å². The van der Waals surface area contributed by atoms with Crippen molar-refractivity contribution < 1.29 is 32.3 Å². The summed E-state index contributed by atoms with van der Waals surface area (Å²) < 4.78 is 45.8. The number of piperidine rings is 1. The van der Waals surface area contributed by atoms with Gasteiger partial charge >= 0.3 is 18.2 Å². The van der Waals surface area contributed by atoms with Crippen LogP contribution in [0.2, 0.25) is 0 Å². The van der Waals surface area contributed by atoms with Crippen molar-refractivity contribution in [2.24, 2.45) is 0 Å². The maximum absolute atomic E-state index is 14.1. The maximum atomic E-state index is 14.1. The third kappa shape index (κ3) is 13.2. The Bertz CT molecular complexity index is 2020. The molecule has 2 aliphatic rings. The normalized spacial score (nSPS) is 14.7. The summed E-state index contributed by atoms with van der Waals surface area (Å²) in [7, 11) is 3.33. The average Bonchev–Trinajstić information content (AvgIpc) is 3.20. The van der Waals surface area contributed by atoms with E-state index in [1.807, 2.05) is 13.1 Å². The first-order chi connectivity index (χ1) is 27.5. The Morgan fingerprint density at radius 3 is 2.02 bits per heavy atom. The number of nitrogens with one attached hydrogen (secondary N) is 5. The summed E-state index contributed by atoms with van der Waals surface area (Å²) in [5.41, 5.74) is 3.16. The number of aromatic nitrogens is 1. The van der Waals surface area contributed by atoms with E-state index in [9.17, 15) is 27.6 Å². The van der Waals surface area contributed by atoms with Gasteiger partial charge in [-0.25, -0.2) is 32.5 Å². The average molecular weight is 787 g/mol. The molecule has 3 aromatic carbocycles. The number of methoxy groups -OCH3 is 1. The number of urea groups is 2. The van der Waals surface area contributed by atoms with Crippen LogP contribution < -0.4 is 26.6 Å². The minimum absolute atomic E-state index is 0.122. The fraction of sp³-hybridized carbons (Fsp3) is 0.325. The molecule has 4 aromatic rings. The van der Waals surface area contributed by atoms with Crippen LogP contribution in [0.5, 0.6) is 0 Å². The van der Waals surface area contributed by atoms with Gasteiger partial charge in [0, 0.05) is 56.7 Å². The summed E-state index contributed by atoms with van der Waals surface area (Å²) in [6.07, 6.45) is 3.19. The summed E-state index contributed by atoms with van der Waals surface area (Å²) in [6, 6.07) is 18.8. The first-order valence-corrected chi connectivity index (χ1v) is 18.3. The summed E-state index contributed by atoms with van der Waals surface area (Å²) >= 11 is 0. The quantitative estimate of drug-likeness (QED) is 0.129. The number of halogens is 3. The van der Waals surface area contributed by atoms with Crippen molar-refractivity contribution in [3.8, 4) is 6.07 Å². The predicted octanol–water partition coefficient (Wildman–Crippen LogP) is 6.41. The standard InChI is InChI=1S/C20H24F2N4O.C20H21FN6O3/c1-23-16-8-10-26(11-9-16)13-14-2-7-18(22)19(12-14)25-20(27)24-17-5-3-15(21)4-6-17;1-30-20(29)27-6-4-26(5-7-27)13-14-8-15(21)10-18(9-14)25-19(28)24-17-3-2-16(11-22)23-12-17/h2-7,12,16,23H,8-11,13H2,1H3,(H2,24,25,27);2-3,8-10,12H,4-7,13H2,1H3,(H2,24,25,28). The van der Waals surface area contributed by atoms with Crippen LogP contribution in [0.15, 0.2) is 79.0 Å². The lowest BCUT2D eigenvalue weighted by Gasteiger charge is -2.33. The van der Waals surface area contributed by atoms with Crippen molar-refractivity contribution in [3.63, 3.8) is 0 Å². The fourth-order valence-electron chi connectivity index (χ4n) is 6.34. The second-order valence-corrected chi connectivity index (χ2v) is 13.4. The van der Waals surface area contributed by atoms with Gasteiger partial charge in [-0.1, -0.05) is 6.07 Å². The Hall–Kier alpha value is -6.22. The van der Waals surface area contributed by atoms with Crippen molar-refractivity contribution in [2.45, 2.75) is 32.0 Å². The molecule has 1 aromatic heterocycles. The number of likely N-dealkylation sites (tertiary alicyclic amines) is 1. The molecular weight excluding hydrogens is 741 g/mol. The Kier molecular flexibility index (Phi) is 15.2. The number of benzene rings is 3. The van der Waals surface area contributed by atoms with E-state index in [2.05, 4.69) is 41.4 Å². The van der Waals surface area contributed by atoms with Gasteiger partial charge < -0.3 is 36.2 Å². The van der Waals surface area contributed by atoms with Crippen molar-refractivity contribution in [3.05, 3.63) is 113 Å². The number of amides is 5. The molecule has 2 saturated heterocycles. The lowest BCUT2D eigenvalue weighted by molar-refractivity contribution is 0.0889. The van der Waals surface area contributed by atoms with Crippen LogP contribution in [0.4, 0.5) is 50.3 Å². The van der Waals surface area contributed by atoms with Crippen LogP contribution >= 0.6 is 0 Å². The zero-order chi connectivity index (χ0) is 40.7. The van der Waals surface area contributed by atoms with Gasteiger partial charge in [0.1, 0.15) is 29.2 Å². The van der Waals surface area contributed by atoms with Gasteiger partial charge in [0.15, 0.2) is 0 Å². The highest BCUT2D eigenvalue weighted by Gasteiger charge is 2.22. The number of pyridine rings is 1. The van der Waals surface area contributed by atoms with Crippen molar-refractivity contribution in [2.75, 3.05) is 74.7 Å². The van der Waals surface area contributed by atoms with Gasteiger partial charge in [0.25, 0.3) is 0 Å². The summed E-state index contributed by atoms with van der Waals surface area (Å²) in [4.78, 5) is 45.7. The Morgan fingerprint density at radius 2 is 1.37 bits per heavy atom. The van der Waals surface area contributed by atoms with E-state index in [1.165, 1.54) is 61.8 Å². The first kappa shape index (κ1) is 41.9. The number of ether oxygens (including phenoxy) is 1. The number of hydrogen-bond acceptors (Lipinski definition) is 9. The number of piperazine rings is 1. The topological polar surface area (TPSA) is 167 Å². The van der Waals surface area contributed by atoms with E-state index in [4.69, 9.17) is 10.00 Å². The fourth-order valence-corrected chi connectivity index (χ4v) is 6.34. The molecule has 0 radical (unpaired) electrons. The SMILES string of the molecule is CNC1CCN(Cc2ccc(F)c(NC(=O)Nc3ccc(F)cc3)c2)CC1.COC(=O)N1CCN(Cc2cc(F)cc(NC(=O)Nc3ccc(C#N)nc3)c2)CC1. The monoisotopic (exact) mass is 786 g/mol. The molecule has 2 fully saturated rings. The minimum atomic E-state index is -0.576. The largest absolute Gasteiger partial charge is 0.453 e. The molecular formula is C40H45F3N10O4. The van der Waals surface area contributed by atoms with Gasteiger partial charge in [0.05, 0.1) is 24.7 Å². The van der Waals surface area contributed by atoms with Crippen LogP contribution in [-0.4, -0.2) is 97.3 Å². The smallest absolute Gasteiger partial charge is 0.409 e. The van der Waals surface area contributed by atoms with E-state index in [-0.39, 0.29) is 17.5 Å². The molecule has 0 aliphatic carbocycles. The van der Waals surface area contributed by atoms with E-state index < -0.39 is 29.5 Å². The van der Waals surface area contributed by atoms with Gasteiger partial charge in [-0.3, -0.25) is 9.80 Å². The molecule has 2 aliphatic heterocycles. The Balaban J connectivity index is 0.000000219. The highest BCUT2D eigenvalue weighted by atomic mass is 19.1. The number of rotatable bonds is 9. The van der Waals surface area contributed by atoms with Crippen LogP contribution in [0.1, 0.15) is 29.7 Å². The molecule has 17 heteroatoms. The highest BCUT2D eigenvalue weighted by molar-refractivity contribution is 6.00. The number of carbonyl (C=O) groups is 3. The van der Waals surface area contributed by atoms with Crippen LogP contribution in [-0.2, 0) is 17.8 Å². The number of anilines is 4. The van der Waals surface area contributed by atoms with Gasteiger partial charge in [-0.05, 0) is 111 Å². The Labute approximate surface area is 329 Å². The van der Waals surface area contributed by atoms with Crippen molar-refractivity contribution in [1.82, 2.24) is 25.0 Å². The van der Waals surface area contributed by atoms with Crippen LogP contribution in [0, 0.1) is 28.8 Å². The van der Waals surface area contributed by atoms with E-state index in [0.29, 0.717) is 67.9 Å². The maximum Gasteiger partial charge on any atom is 0.409 e. The molecule has 0 unspecified atom stereocenters. The lowest BCUT2D eigenvalue weighted by Crippen LogP contribution is -2.48. The molecule has 0 bridgehead atoms. The third-order valence-corrected chi connectivity index (χ3v) is 9.35. The van der Waals surface area contributed by atoms with Gasteiger partial charge in [0.2, 0.25) is 0 Å². The van der Waals surface area contributed by atoms with Gasteiger partial charge in [-0.2, -0.15) is 5.26 Å². The van der Waals surface area contributed by atoms with E-state index in [1.54, 1.807) is 29.2 Å². The summed E-state index contributed by atoms with van der Waals surface area (Å²) in [6.45, 7) is 5.52. The summed E-state index contributed by atoms with van der Waals surface area (Å²) in [5.74, 6) is -1.35. The molecule has 3 heterocycles. The molecule has 57 heavy (non-hydrogen) atoms. The molecule has 14 nitrogen and oxygen atoms in total. The second-order valence-electron chi connectivity index (χ2n) is 13.4. The first-order valence-electron chi connectivity index (χ1n) is 18.3. The Morgan fingerprint density at radius 1 is 0.737 bits per heavy atom.